The molecule has 1 saturated heterocycles. The van der Waals surface area contributed by atoms with Gasteiger partial charge in [0.15, 0.2) is 5.76 Å². The van der Waals surface area contributed by atoms with E-state index in [0.717, 1.165) is 6.42 Å². The maximum atomic E-state index is 12.8. The van der Waals surface area contributed by atoms with Crippen molar-refractivity contribution in [3.63, 3.8) is 0 Å². The molecule has 3 amide bonds. The fraction of sp³-hybridized carbons (Fsp3) is 0.381. The van der Waals surface area contributed by atoms with E-state index in [1.54, 1.807) is 57.2 Å². The van der Waals surface area contributed by atoms with Gasteiger partial charge in [0.2, 0.25) is 5.91 Å². The van der Waals surface area contributed by atoms with E-state index in [0.29, 0.717) is 24.3 Å². The molecule has 1 atom stereocenters. The summed E-state index contributed by atoms with van der Waals surface area (Å²) < 4.78 is 10.5. The SMILES string of the molecule is CC(C)(C)OC(=O)N1CCC[C@H]1C(=O)Nc1cccc(NC(=O)c2ccco2)c1. The summed E-state index contributed by atoms with van der Waals surface area (Å²) >= 11 is 0. The van der Waals surface area contributed by atoms with Gasteiger partial charge in [0.05, 0.1) is 6.26 Å². The number of nitrogens with one attached hydrogen (secondary N) is 2. The molecule has 0 radical (unpaired) electrons. The molecule has 1 aliphatic heterocycles. The van der Waals surface area contributed by atoms with Crippen molar-refractivity contribution < 1.29 is 23.5 Å². The van der Waals surface area contributed by atoms with Gasteiger partial charge < -0.3 is 19.8 Å². The average Bonchev–Trinajstić information content (AvgIpc) is 3.32. The van der Waals surface area contributed by atoms with Crippen molar-refractivity contribution >= 4 is 29.3 Å². The third-order valence-corrected chi connectivity index (χ3v) is 4.32. The lowest BCUT2D eigenvalue weighted by Crippen LogP contribution is -2.45. The van der Waals surface area contributed by atoms with Gasteiger partial charge in [0.25, 0.3) is 5.91 Å². The summed E-state index contributed by atoms with van der Waals surface area (Å²) in [5.74, 6) is -0.480. The van der Waals surface area contributed by atoms with Crippen LogP contribution in [0.4, 0.5) is 16.2 Å². The minimum absolute atomic E-state index is 0.193. The lowest BCUT2D eigenvalue weighted by Gasteiger charge is -2.28. The second-order valence-corrected chi connectivity index (χ2v) is 7.83. The summed E-state index contributed by atoms with van der Waals surface area (Å²) in [5.41, 5.74) is 0.407. The molecule has 2 heterocycles. The topological polar surface area (TPSA) is 101 Å². The molecule has 29 heavy (non-hydrogen) atoms. The molecular weight excluding hydrogens is 374 g/mol. The molecule has 0 aliphatic carbocycles. The normalized spacial score (nSPS) is 16.4. The van der Waals surface area contributed by atoms with E-state index in [-0.39, 0.29) is 17.6 Å². The Labute approximate surface area is 169 Å². The van der Waals surface area contributed by atoms with Crippen LogP contribution in [0, 0.1) is 0 Å². The lowest BCUT2D eigenvalue weighted by atomic mass is 10.2. The van der Waals surface area contributed by atoms with Crippen LogP contribution in [0.25, 0.3) is 0 Å². The second-order valence-electron chi connectivity index (χ2n) is 7.83. The van der Waals surface area contributed by atoms with Crippen LogP contribution < -0.4 is 10.6 Å². The molecular formula is C21H25N3O5. The van der Waals surface area contributed by atoms with Crippen LogP contribution in [-0.4, -0.2) is 41.0 Å². The van der Waals surface area contributed by atoms with Crippen LogP contribution in [0.3, 0.4) is 0 Å². The van der Waals surface area contributed by atoms with Crippen LogP contribution in [0.1, 0.15) is 44.2 Å². The number of rotatable bonds is 4. The van der Waals surface area contributed by atoms with E-state index >= 15 is 0 Å². The van der Waals surface area contributed by atoms with E-state index in [9.17, 15) is 14.4 Å². The molecule has 154 valence electrons. The Morgan fingerprint density at radius 2 is 1.83 bits per heavy atom. The molecule has 8 nitrogen and oxygen atoms in total. The molecule has 1 aliphatic rings. The fourth-order valence-electron chi connectivity index (χ4n) is 3.08. The zero-order chi connectivity index (χ0) is 21.0. The molecule has 0 bridgehead atoms. The quantitative estimate of drug-likeness (QED) is 0.813. The summed E-state index contributed by atoms with van der Waals surface area (Å²) in [4.78, 5) is 38.7. The van der Waals surface area contributed by atoms with Gasteiger partial charge in [-0.25, -0.2) is 4.79 Å². The number of hydrogen-bond donors (Lipinski definition) is 2. The molecule has 3 rings (SSSR count). The Kier molecular flexibility index (Phi) is 5.91. The monoisotopic (exact) mass is 399 g/mol. The summed E-state index contributed by atoms with van der Waals surface area (Å²) in [6.45, 7) is 5.85. The summed E-state index contributed by atoms with van der Waals surface area (Å²) in [6.07, 6.45) is 2.23. The number of nitrogens with zero attached hydrogens (tertiary/aromatic N) is 1. The number of amides is 3. The molecule has 0 spiro atoms. The van der Waals surface area contributed by atoms with E-state index in [4.69, 9.17) is 9.15 Å². The van der Waals surface area contributed by atoms with Crippen molar-refractivity contribution in [1.29, 1.82) is 0 Å². The minimum atomic E-state index is -0.624. The Morgan fingerprint density at radius 3 is 2.48 bits per heavy atom. The predicted molar refractivity (Wildman–Crippen MR) is 108 cm³/mol. The summed E-state index contributed by atoms with van der Waals surface area (Å²) in [7, 11) is 0. The van der Waals surface area contributed by atoms with Gasteiger partial charge in [-0.3, -0.25) is 14.5 Å². The van der Waals surface area contributed by atoms with Crippen LogP contribution in [0.15, 0.2) is 47.1 Å². The highest BCUT2D eigenvalue weighted by atomic mass is 16.6. The van der Waals surface area contributed by atoms with Crippen LogP contribution in [0.2, 0.25) is 0 Å². The van der Waals surface area contributed by atoms with Gasteiger partial charge in [-0.05, 0) is 63.9 Å². The number of anilines is 2. The standard InChI is InChI=1S/C21H25N3O5/c1-21(2,3)29-20(27)24-11-5-9-16(24)18(25)22-14-7-4-8-15(13-14)23-19(26)17-10-6-12-28-17/h4,6-8,10,12-13,16H,5,9,11H2,1-3H3,(H,22,25)(H,23,26)/t16-/m0/s1. The first-order valence-electron chi connectivity index (χ1n) is 9.48. The highest BCUT2D eigenvalue weighted by Crippen LogP contribution is 2.23. The Balaban J connectivity index is 1.64. The smallest absolute Gasteiger partial charge is 0.410 e. The van der Waals surface area contributed by atoms with Crippen LogP contribution in [0.5, 0.6) is 0 Å². The second kappa shape index (κ2) is 8.38. The maximum absolute atomic E-state index is 12.8. The van der Waals surface area contributed by atoms with Gasteiger partial charge in [-0.15, -0.1) is 0 Å². The number of carbonyl (C=O) groups is 3. The predicted octanol–water partition coefficient (Wildman–Crippen LogP) is 3.87. The number of furan rings is 1. The van der Waals surface area contributed by atoms with Crippen LogP contribution in [-0.2, 0) is 9.53 Å². The minimum Gasteiger partial charge on any atom is -0.459 e. The largest absolute Gasteiger partial charge is 0.459 e. The van der Waals surface area contributed by atoms with Crippen molar-refractivity contribution in [2.75, 3.05) is 17.2 Å². The number of likely N-dealkylation sites (tertiary alicyclic amines) is 1. The first-order chi connectivity index (χ1) is 13.7. The molecule has 1 fully saturated rings. The summed E-state index contributed by atoms with van der Waals surface area (Å²) in [6, 6.07) is 9.38. The van der Waals surface area contributed by atoms with Gasteiger partial charge in [-0.2, -0.15) is 0 Å². The van der Waals surface area contributed by atoms with Gasteiger partial charge in [0, 0.05) is 17.9 Å². The zero-order valence-electron chi connectivity index (χ0n) is 16.7. The third-order valence-electron chi connectivity index (χ3n) is 4.32. The Hall–Kier alpha value is -3.29. The summed E-state index contributed by atoms with van der Waals surface area (Å²) in [5, 5.41) is 5.53. The molecule has 1 aromatic heterocycles. The average molecular weight is 399 g/mol. The molecule has 0 saturated carbocycles. The molecule has 0 unspecified atom stereocenters. The fourth-order valence-corrected chi connectivity index (χ4v) is 3.08. The van der Waals surface area contributed by atoms with Crippen molar-refractivity contribution in [3.05, 3.63) is 48.4 Å². The van der Waals surface area contributed by atoms with Crippen LogP contribution >= 0.6 is 0 Å². The van der Waals surface area contributed by atoms with E-state index in [2.05, 4.69) is 10.6 Å². The van der Waals surface area contributed by atoms with Crippen molar-refractivity contribution in [3.8, 4) is 0 Å². The van der Waals surface area contributed by atoms with Gasteiger partial charge in [-0.1, -0.05) is 6.07 Å². The zero-order valence-corrected chi connectivity index (χ0v) is 16.7. The first kappa shape index (κ1) is 20.4. The molecule has 8 heteroatoms. The van der Waals surface area contributed by atoms with Crippen molar-refractivity contribution in [1.82, 2.24) is 4.90 Å². The van der Waals surface area contributed by atoms with Crippen molar-refractivity contribution in [2.24, 2.45) is 0 Å². The Morgan fingerprint density at radius 1 is 1.10 bits per heavy atom. The van der Waals surface area contributed by atoms with E-state index in [1.165, 1.54) is 11.2 Å². The van der Waals surface area contributed by atoms with Gasteiger partial charge in [0.1, 0.15) is 11.6 Å². The van der Waals surface area contributed by atoms with Crippen molar-refractivity contribution in [2.45, 2.75) is 45.3 Å². The maximum Gasteiger partial charge on any atom is 0.410 e. The lowest BCUT2D eigenvalue weighted by molar-refractivity contribution is -0.120. The number of carbonyl (C=O) groups excluding carboxylic acids is 3. The highest BCUT2D eigenvalue weighted by Gasteiger charge is 2.36. The van der Waals surface area contributed by atoms with E-state index in [1.807, 2.05) is 0 Å². The molecule has 2 N–H and O–H groups in total. The number of ether oxygens (including phenoxy) is 1. The Bertz CT molecular complexity index is 886. The molecule has 2 aromatic rings. The number of hydrogen-bond acceptors (Lipinski definition) is 5. The first-order valence-corrected chi connectivity index (χ1v) is 9.48. The number of benzene rings is 1. The highest BCUT2D eigenvalue weighted by molar-refractivity contribution is 6.03. The van der Waals surface area contributed by atoms with Gasteiger partial charge >= 0.3 is 6.09 Å². The molecule has 1 aromatic carbocycles. The van der Waals surface area contributed by atoms with E-state index < -0.39 is 17.7 Å². The third kappa shape index (κ3) is 5.37.